The number of aromatic nitrogens is 1. The molecule has 0 spiro atoms. The maximum Gasteiger partial charge on any atom is 0.244 e. The van der Waals surface area contributed by atoms with E-state index in [1.165, 1.54) is 7.11 Å². The first kappa shape index (κ1) is 18.2. The van der Waals surface area contributed by atoms with Crippen LogP contribution >= 0.6 is 0 Å². The van der Waals surface area contributed by atoms with Crippen molar-refractivity contribution in [2.45, 2.75) is 11.8 Å². The summed E-state index contributed by atoms with van der Waals surface area (Å²) in [5.41, 5.74) is 1.59. The van der Waals surface area contributed by atoms with Crippen molar-refractivity contribution in [2.24, 2.45) is 0 Å². The molecule has 0 aliphatic carbocycles. The van der Waals surface area contributed by atoms with Crippen LogP contribution in [0.5, 0.6) is 11.5 Å². The first-order valence-electron chi connectivity index (χ1n) is 8.12. The molecule has 3 rings (SSSR count). The van der Waals surface area contributed by atoms with E-state index in [4.69, 9.17) is 9.47 Å². The van der Waals surface area contributed by atoms with Crippen molar-refractivity contribution in [2.75, 3.05) is 20.3 Å². The zero-order valence-electron chi connectivity index (χ0n) is 14.6. The van der Waals surface area contributed by atoms with Crippen LogP contribution in [0.2, 0.25) is 0 Å². The predicted molar refractivity (Wildman–Crippen MR) is 100 cm³/mol. The Labute approximate surface area is 152 Å². The third-order valence-corrected chi connectivity index (χ3v) is 5.34. The number of hydrogen-bond donors (Lipinski definition) is 1. The third-order valence-electron chi connectivity index (χ3n) is 3.86. The first-order chi connectivity index (χ1) is 12.5. The fraction of sp³-hybridized carbons (Fsp3) is 0.211. The zero-order chi connectivity index (χ0) is 18.6. The monoisotopic (exact) mass is 372 g/mol. The highest BCUT2D eigenvalue weighted by molar-refractivity contribution is 7.89. The molecule has 1 heterocycles. The van der Waals surface area contributed by atoms with Gasteiger partial charge in [-0.05, 0) is 36.8 Å². The first-order valence-corrected chi connectivity index (χ1v) is 9.60. The zero-order valence-corrected chi connectivity index (χ0v) is 15.4. The molecule has 7 heteroatoms. The molecule has 26 heavy (non-hydrogen) atoms. The van der Waals surface area contributed by atoms with Crippen LogP contribution in [0, 0.1) is 6.92 Å². The topological polar surface area (TPSA) is 77.5 Å². The number of nitrogens with one attached hydrogen (secondary N) is 1. The van der Waals surface area contributed by atoms with Gasteiger partial charge in [-0.25, -0.2) is 13.1 Å². The molecule has 2 aromatic carbocycles. The quantitative estimate of drug-likeness (QED) is 0.645. The van der Waals surface area contributed by atoms with E-state index in [-0.39, 0.29) is 18.0 Å². The van der Waals surface area contributed by atoms with E-state index in [1.54, 1.807) is 24.4 Å². The van der Waals surface area contributed by atoms with Gasteiger partial charge in [0.05, 0.1) is 7.11 Å². The Morgan fingerprint density at radius 1 is 1.08 bits per heavy atom. The van der Waals surface area contributed by atoms with Crippen LogP contribution in [-0.2, 0) is 10.0 Å². The Morgan fingerprint density at radius 3 is 2.69 bits per heavy atom. The number of sulfonamides is 1. The number of ether oxygens (including phenoxy) is 2. The molecule has 6 nitrogen and oxygen atoms in total. The van der Waals surface area contributed by atoms with Gasteiger partial charge in [0.15, 0.2) is 0 Å². The summed E-state index contributed by atoms with van der Waals surface area (Å²) in [4.78, 5) is 4.43. The van der Waals surface area contributed by atoms with E-state index in [0.29, 0.717) is 11.5 Å². The number of methoxy groups -OCH3 is 1. The number of aryl methyl sites for hydroxylation is 1. The third kappa shape index (κ3) is 3.95. The van der Waals surface area contributed by atoms with Crippen LogP contribution in [0.15, 0.2) is 59.6 Å². The van der Waals surface area contributed by atoms with Gasteiger partial charge in [0.1, 0.15) is 28.5 Å². The minimum atomic E-state index is -3.69. The summed E-state index contributed by atoms with van der Waals surface area (Å²) in [5.74, 6) is 0.928. The minimum Gasteiger partial charge on any atom is -0.495 e. The highest BCUT2D eigenvalue weighted by Crippen LogP contribution is 2.25. The maximum atomic E-state index is 12.5. The molecule has 0 amide bonds. The molecule has 0 aliphatic rings. The second kappa shape index (κ2) is 7.72. The van der Waals surface area contributed by atoms with Gasteiger partial charge in [-0.3, -0.25) is 4.98 Å². The number of rotatable bonds is 7. The van der Waals surface area contributed by atoms with Crippen molar-refractivity contribution < 1.29 is 17.9 Å². The molecular weight excluding hydrogens is 352 g/mol. The number of fused-ring (bicyclic) bond motifs is 1. The summed E-state index contributed by atoms with van der Waals surface area (Å²) in [6, 6.07) is 14.5. The maximum absolute atomic E-state index is 12.5. The lowest BCUT2D eigenvalue weighted by atomic mass is 10.2. The Hall–Kier alpha value is -2.64. The van der Waals surface area contributed by atoms with Crippen LogP contribution in [0.25, 0.3) is 10.9 Å². The number of para-hydroxylation sites is 1. The van der Waals surface area contributed by atoms with Crippen molar-refractivity contribution in [1.82, 2.24) is 9.71 Å². The van der Waals surface area contributed by atoms with Crippen molar-refractivity contribution >= 4 is 20.9 Å². The Balaban J connectivity index is 1.67. The standard InChI is InChI=1S/C19H20N2O4S/c1-14-8-9-16(24-2)18(13-14)26(22,23)21-11-12-25-17-7-3-5-15-6-4-10-20-19(15)17/h3-10,13,21H,11-12H2,1-2H3. The Morgan fingerprint density at radius 2 is 1.88 bits per heavy atom. The molecule has 0 saturated carbocycles. The predicted octanol–water partition coefficient (Wildman–Crippen LogP) is 2.91. The normalized spacial score (nSPS) is 11.5. The van der Waals surface area contributed by atoms with E-state index < -0.39 is 10.0 Å². The average Bonchev–Trinajstić information content (AvgIpc) is 2.65. The van der Waals surface area contributed by atoms with Crippen LogP contribution < -0.4 is 14.2 Å². The second-order valence-electron chi connectivity index (χ2n) is 5.73. The molecule has 0 radical (unpaired) electrons. The van der Waals surface area contributed by atoms with Crippen LogP contribution in [0.4, 0.5) is 0 Å². The largest absolute Gasteiger partial charge is 0.495 e. The van der Waals surface area contributed by atoms with Crippen LogP contribution in [-0.4, -0.2) is 33.7 Å². The number of benzene rings is 2. The second-order valence-corrected chi connectivity index (χ2v) is 7.47. The SMILES string of the molecule is COc1ccc(C)cc1S(=O)(=O)NCCOc1cccc2cccnc12. The molecule has 0 aliphatic heterocycles. The molecule has 0 fully saturated rings. The summed E-state index contributed by atoms with van der Waals surface area (Å²) in [6.45, 7) is 2.14. The fourth-order valence-corrected chi connectivity index (χ4v) is 3.87. The van der Waals surface area contributed by atoms with Gasteiger partial charge in [-0.15, -0.1) is 0 Å². The van der Waals surface area contributed by atoms with E-state index in [1.807, 2.05) is 37.3 Å². The van der Waals surface area contributed by atoms with Gasteiger partial charge < -0.3 is 9.47 Å². The van der Waals surface area contributed by atoms with E-state index in [9.17, 15) is 8.42 Å². The lowest BCUT2D eigenvalue weighted by Crippen LogP contribution is -2.28. The summed E-state index contributed by atoms with van der Waals surface area (Å²) in [6.07, 6.45) is 1.70. The van der Waals surface area contributed by atoms with Gasteiger partial charge in [0.2, 0.25) is 10.0 Å². The minimum absolute atomic E-state index is 0.117. The van der Waals surface area contributed by atoms with Gasteiger partial charge >= 0.3 is 0 Å². The molecular formula is C19H20N2O4S. The molecule has 0 saturated heterocycles. The Bertz CT molecular complexity index is 1010. The average molecular weight is 372 g/mol. The molecule has 136 valence electrons. The highest BCUT2D eigenvalue weighted by Gasteiger charge is 2.19. The van der Waals surface area contributed by atoms with Gasteiger partial charge in [-0.2, -0.15) is 0 Å². The van der Waals surface area contributed by atoms with E-state index >= 15 is 0 Å². The fourth-order valence-electron chi connectivity index (χ4n) is 2.60. The van der Waals surface area contributed by atoms with Crippen LogP contribution in [0.3, 0.4) is 0 Å². The van der Waals surface area contributed by atoms with Crippen molar-refractivity contribution in [3.8, 4) is 11.5 Å². The molecule has 0 atom stereocenters. The van der Waals surface area contributed by atoms with Crippen molar-refractivity contribution in [1.29, 1.82) is 0 Å². The Kier molecular flexibility index (Phi) is 5.39. The van der Waals surface area contributed by atoms with Gasteiger partial charge in [0, 0.05) is 18.1 Å². The molecule has 0 unspecified atom stereocenters. The summed E-state index contributed by atoms with van der Waals surface area (Å²) < 4.78 is 38.5. The number of hydrogen-bond acceptors (Lipinski definition) is 5. The molecule has 3 aromatic rings. The van der Waals surface area contributed by atoms with E-state index in [2.05, 4.69) is 9.71 Å². The van der Waals surface area contributed by atoms with Gasteiger partial charge in [-0.1, -0.05) is 24.3 Å². The lowest BCUT2D eigenvalue weighted by Gasteiger charge is -2.12. The number of nitrogens with zero attached hydrogens (tertiary/aromatic N) is 1. The molecule has 1 aromatic heterocycles. The summed E-state index contributed by atoms with van der Waals surface area (Å²) in [7, 11) is -2.25. The van der Waals surface area contributed by atoms with Crippen molar-refractivity contribution in [3.63, 3.8) is 0 Å². The summed E-state index contributed by atoms with van der Waals surface area (Å²) in [5, 5.41) is 0.968. The summed E-state index contributed by atoms with van der Waals surface area (Å²) >= 11 is 0. The van der Waals surface area contributed by atoms with Crippen LogP contribution in [0.1, 0.15) is 5.56 Å². The number of pyridine rings is 1. The van der Waals surface area contributed by atoms with Crippen molar-refractivity contribution in [3.05, 3.63) is 60.3 Å². The lowest BCUT2D eigenvalue weighted by molar-refractivity contribution is 0.326. The smallest absolute Gasteiger partial charge is 0.244 e. The molecule has 0 bridgehead atoms. The van der Waals surface area contributed by atoms with Gasteiger partial charge in [0.25, 0.3) is 0 Å². The molecule has 1 N–H and O–H groups in total. The van der Waals surface area contributed by atoms with E-state index in [0.717, 1.165) is 16.5 Å². The highest BCUT2D eigenvalue weighted by atomic mass is 32.2.